The van der Waals surface area contributed by atoms with Gasteiger partial charge in [0.2, 0.25) is 0 Å². The van der Waals surface area contributed by atoms with Crippen LogP contribution in [0.2, 0.25) is 0 Å². The fraction of sp³-hybridized carbons (Fsp3) is 0.500. The maximum Gasteiger partial charge on any atom is 0.346 e. The molecule has 1 aliphatic rings. The molecule has 0 amide bonds. The molecule has 0 bridgehead atoms. The van der Waals surface area contributed by atoms with Gasteiger partial charge in [0, 0.05) is 0 Å². The standard InChI is InChI=1S/C14H18O3/c1-10(14(15)16-2)17-13-8-7-11-5-3-4-6-12(11)9-13/h7-10H,3-6H2,1-2H3/t10-/m0/s1. The number of ether oxygens (including phenoxy) is 2. The normalized spacial score (nSPS) is 15.9. The van der Waals surface area contributed by atoms with Crippen molar-refractivity contribution in [2.75, 3.05) is 7.11 Å². The first-order valence-electron chi connectivity index (χ1n) is 6.07. The maximum atomic E-state index is 11.3. The summed E-state index contributed by atoms with van der Waals surface area (Å²) in [6.07, 6.45) is 4.22. The number of methoxy groups -OCH3 is 1. The zero-order valence-electron chi connectivity index (χ0n) is 10.4. The zero-order valence-corrected chi connectivity index (χ0v) is 10.4. The highest BCUT2D eigenvalue weighted by Crippen LogP contribution is 2.25. The highest BCUT2D eigenvalue weighted by atomic mass is 16.6. The molecule has 1 aromatic rings. The number of carbonyl (C=O) groups is 1. The van der Waals surface area contributed by atoms with E-state index in [1.807, 2.05) is 12.1 Å². The Hall–Kier alpha value is -1.51. The number of fused-ring (bicyclic) bond motifs is 1. The van der Waals surface area contributed by atoms with Crippen LogP contribution < -0.4 is 4.74 Å². The van der Waals surface area contributed by atoms with Crippen LogP contribution in [0, 0.1) is 0 Å². The van der Waals surface area contributed by atoms with Crippen molar-refractivity contribution in [3.05, 3.63) is 29.3 Å². The molecule has 17 heavy (non-hydrogen) atoms. The highest BCUT2D eigenvalue weighted by molar-refractivity contribution is 5.74. The van der Waals surface area contributed by atoms with E-state index in [4.69, 9.17) is 4.74 Å². The second kappa shape index (κ2) is 5.21. The molecule has 0 radical (unpaired) electrons. The first-order valence-corrected chi connectivity index (χ1v) is 6.07. The highest BCUT2D eigenvalue weighted by Gasteiger charge is 2.16. The molecule has 0 saturated carbocycles. The van der Waals surface area contributed by atoms with E-state index in [0.29, 0.717) is 0 Å². The second-order valence-corrected chi connectivity index (χ2v) is 4.42. The van der Waals surface area contributed by atoms with Crippen LogP contribution in [-0.4, -0.2) is 19.2 Å². The van der Waals surface area contributed by atoms with Crippen LogP contribution in [-0.2, 0) is 22.4 Å². The Morgan fingerprint density at radius 2 is 1.94 bits per heavy atom. The average molecular weight is 234 g/mol. The molecule has 0 spiro atoms. The largest absolute Gasteiger partial charge is 0.479 e. The number of carbonyl (C=O) groups excluding carboxylic acids is 1. The third-order valence-corrected chi connectivity index (χ3v) is 3.17. The molecule has 2 rings (SSSR count). The van der Waals surface area contributed by atoms with Gasteiger partial charge in [0.05, 0.1) is 7.11 Å². The minimum absolute atomic E-state index is 0.345. The average Bonchev–Trinajstić information content (AvgIpc) is 2.37. The molecule has 1 aromatic carbocycles. The van der Waals surface area contributed by atoms with Crippen LogP contribution in [0.3, 0.4) is 0 Å². The molecule has 0 unspecified atom stereocenters. The van der Waals surface area contributed by atoms with Gasteiger partial charge in [-0.1, -0.05) is 6.07 Å². The lowest BCUT2D eigenvalue weighted by Gasteiger charge is -2.18. The van der Waals surface area contributed by atoms with Gasteiger partial charge < -0.3 is 9.47 Å². The van der Waals surface area contributed by atoms with Crippen molar-refractivity contribution in [2.45, 2.75) is 38.7 Å². The van der Waals surface area contributed by atoms with Gasteiger partial charge in [0.1, 0.15) is 5.75 Å². The van der Waals surface area contributed by atoms with Gasteiger partial charge in [-0.25, -0.2) is 4.79 Å². The summed E-state index contributed by atoms with van der Waals surface area (Å²) in [5, 5.41) is 0. The van der Waals surface area contributed by atoms with Crippen molar-refractivity contribution in [2.24, 2.45) is 0 Å². The lowest BCUT2D eigenvalue weighted by Crippen LogP contribution is -2.25. The van der Waals surface area contributed by atoms with Gasteiger partial charge in [-0.3, -0.25) is 0 Å². The SMILES string of the molecule is COC(=O)[C@H](C)Oc1ccc2c(c1)CCCC2. The number of esters is 1. The number of aryl methyl sites for hydroxylation is 2. The Morgan fingerprint density at radius 1 is 1.24 bits per heavy atom. The first kappa shape index (κ1) is 12.0. The van der Waals surface area contributed by atoms with Gasteiger partial charge in [0.25, 0.3) is 0 Å². The van der Waals surface area contributed by atoms with Crippen molar-refractivity contribution < 1.29 is 14.3 Å². The smallest absolute Gasteiger partial charge is 0.346 e. The molecule has 3 heteroatoms. The monoisotopic (exact) mass is 234 g/mol. The van der Waals surface area contributed by atoms with Crippen LogP contribution in [0.1, 0.15) is 30.9 Å². The summed E-state index contributed by atoms with van der Waals surface area (Å²) in [6.45, 7) is 1.70. The molecule has 0 saturated heterocycles. The molecule has 1 atom stereocenters. The minimum atomic E-state index is -0.554. The van der Waals surface area contributed by atoms with E-state index in [1.54, 1.807) is 6.92 Å². The van der Waals surface area contributed by atoms with Gasteiger partial charge in [-0.2, -0.15) is 0 Å². The molecule has 1 aliphatic carbocycles. The van der Waals surface area contributed by atoms with E-state index in [2.05, 4.69) is 10.8 Å². The minimum Gasteiger partial charge on any atom is -0.479 e. The number of benzene rings is 1. The third kappa shape index (κ3) is 2.78. The molecule has 0 N–H and O–H groups in total. The van der Waals surface area contributed by atoms with Gasteiger partial charge >= 0.3 is 5.97 Å². The van der Waals surface area contributed by atoms with E-state index >= 15 is 0 Å². The maximum absolute atomic E-state index is 11.3. The summed E-state index contributed by atoms with van der Waals surface area (Å²) < 4.78 is 10.2. The second-order valence-electron chi connectivity index (χ2n) is 4.42. The van der Waals surface area contributed by atoms with Crippen LogP contribution in [0.4, 0.5) is 0 Å². The quantitative estimate of drug-likeness (QED) is 0.754. The van der Waals surface area contributed by atoms with E-state index in [-0.39, 0.29) is 5.97 Å². The molecular weight excluding hydrogens is 216 g/mol. The Bertz CT molecular complexity index is 412. The lowest BCUT2D eigenvalue weighted by molar-refractivity contribution is -0.147. The van der Waals surface area contributed by atoms with Crippen molar-refractivity contribution >= 4 is 5.97 Å². The summed E-state index contributed by atoms with van der Waals surface area (Å²) >= 11 is 0. The van der Waals surface area contributed by atoms with Crippen LogP contribution >= 0.6 is 0 Å². The zero-order chi connectivity index (χ0) is 12.3. The van der Waals surface area contributed by atoms with Gasteiger partial charge in [0.15, 0.2) is 6.10 Å². The van der Waals surface area contributed by atoms with Crippen molar-refractivity contribution in [3.63, 3.8) is 0 Å². The van der Waals surface area contributed by atoms with Gasteiger partial charge in [-0.15, -0.1) is 0 Å². The van der Waals surface area contributed by atoms with E-state index in [1.165, 1.54) is 31.1 Å². The fourth-order valence-corrected chi connectivity index (χ4v) is 2.20. The molecule has 0 fully saturated rings. The summed E-state index contributed by atoms with van der Waals surface area (Å²) in [5.41, 5.74) is 2.76. The molecule has 92 valence electrons. The van der Waals surface area contributed by atoms with E-state index < -0.39 is 6.10 Å². The first-order chi connectivity index (χ1) is 8.20. The van der Waals surface area contributed by atoms with Crippen molar-refractivity contribution in [1.29, 1.82) is 0 Å². The summed E-state index contributed by atoms with van der Waals surface area (Å²) in [7, 11) is 1.37. The summed E-state index contributed by atoms with van der Waals surface area (Å²) in [6, 6.07) is 6.09. The van der Waals surface area contributed by atoms with E-state index in [9.17, 15) is 4.79 Å². The topological polar surface area (TPSA) is 35.5 Å². The van der Waals surface area contributed by atoms with Crippen molar-refractivity contribution in [3.8, 4) is 5.75 Å². The molecule has 0 aromatic heterocycles. The van der Waals surface area contributed by atoms with Crippen molar-refractivity contribution in [1.82, 2.24) is 0 Å². The Balaban J connectivity index is 2.09. The molecular formula is C14H18O3. The Morgan fingerprint density at radius 3 is 2.65 bits per heavy atom. The molecule has 0 heterocycles. The lowest BCUT2D eigenvalue weighted by atomic mass is 9.92. The third-order valence-electron chi connectivity index (χ3n) is 3.17. The molecule has 0 aliphatic heterocycles. The Labute approximate surface area is 102 Å². The summed E-state index contributed by atoms with van der Waals surface area (Å²) in [5.74, 6) is 0.409. The summed E-state index contributed by atoms with van der Waals surface area (Å²) in [4.78, 5) is 11.3. The Kier molecular flexibility index (Phi) is 3.67. The van der Waals surface area contributed by atoms with Crippen LogP contribution in [0.5, 0.6) is 5.75 Å². The van der Waals surface area contributed by atoms with E-state index in [0.717, 1.165) is 18.6 Å². The molecule has 3 nitrogen and oxygen atoms in total. The fourth-order valence-electron chi connectivity index (χ4n) is 2.20. The number of hydrogen-bond acceptors (Lipinski definition) is 3. The number of hydrogen-bond donors (Lipinski definition) is 0. The van der Waals surface area contributed by atoms with Crippen LogP contribution in [0.25, 0.3) is 0 Å². The predicted octanol–water partition coefficient (Wildman–Crippen LogP) is 2.51. The van der Waals surface area contributed by atoms with Crippen LogP contribution in [0.15, 0.2) is 18.2 Å². The van der Waals surface area contributed by atoms with Gasteiger partial charge in [-0.05, 0) is 55.9 Å². The predicted molar refractivity (Wildman–Crippen MR) is 65.2 cm³/mol. The number of rotatable bonds is 3.